The predicted octanol–water partition coefficient (Wildman–Crippen LogP) is 0.659. The summed E-state index contributed by atoms with van der Waals surface area (Å²) in [5.41, 5.74) is 0. The van der Waals surface area contributed by atoms with Crippen LogP contribution >= 0.6 is 0 Å². The average molecular weight is 183 g/mol. The van der Waals surface area contributed by atoms with Gasteiger partial charge in [-0.3, -0.25) is 4.79 Å². The lowest BCUT2D eigenvalue weighted by Gasteiger charge is -2.10. The average Bonchev–Trinajstić information content (AvgIpc) is 2.32. The summed E-state index contributed by atoms with van der Waals surface area (Å²) in [5, 5.41) is 2.77. The van der Waals surface area contributed by atoms with Crippen molar-refractivity contribution >= 4 is 5.97 Å². The van der Waals surface area contributed by atoms with E-state index >= 15 is 0 Å². The number of hydrogen-bond donors (Lipinski definition) is 1. The fraction of sp³-hybridized carbons (Fsp3) is 0.833. The first-order valence-corrected chi connectivity index (χ1v) is 3.49. The second kappa shape index (κ2) is 3.30. The van der Waals surface area contributed by atoms with Crippen LogP contribution in [-0.2, 0) is 9.53 Å². The number of alkyl halides is 3. The van der Waals surface area contributed by atoms with E-state index < -0.39 is 18.2 Å². The Kier molecular flexibility index (Phi) is 2.56. The van der Waals surface area contributed by atoms with Crippen LogP contribution in [0.3, 0.4) is 0 Å². The largest absolute Gasteiger partial charge is 0.575 e. The molecule has 0 aromatic rings. The first kappa shape index (κ1) is 9.31. The topological polar surface area (TPSA) is 38.3 Å². The van der Waals surface area contributed by atoms with Crippen molar-refractivity contribution < 1.29 is 22.7 Å². The molecule has 0 amide bonds. The third kappa shape index (κ3) is 2.69. The summed E-state index contributed by atoms with van der Waals surface area (Å²) in [6.07, 6.45) is -4.44. The molecule has 1 fully saturated rings. The molecule has 0 aromatic heterocycles. The van der Waals surface area contributed by atoms with Crippen molar-refractivity contribution in [3.63, 3.8) is 0 Å². The van der Waals surface area contributed by atoms with E-state index in [0.29, 0.717) is 13.0 Å². The lowest BCUT2D eigenvalue weighted by molar-refractivity contribution is -0.307. The summed E-state index contributed by atoms with van der Waals surface area (Å²) in [6, 6.07) is 0. The summed E-state index contributed by atoms with van der Waals surface area (Å²) in [7, 11) is 0. The van der Waals surface area contributed by atoms with Gasteiger partial charge in [-0.1, -0.05) is 0 Å². The minimum Gasteiger partial charge on any atom is -0.373 e. The normalized spacial score (nSPS) is 24.1. The van der Waals surface area contributed by atoms with Gasteiger partial charge in [0, 0.05) is 6.54 Å². The molecule has 1 unspecified atom stereocenters. The van der Waals surface area contributed by atoms with E-state index in [2.05, 4.69) is 10.1 Å². The Morgan fingerprint density at radius 1 is 1.50 bits per heavy atom. The summed E-state index contributed by atoms with van der Waals surface area (Å²) in [5.74, 6) is -1.83. The van der Waals surface area contributed by atoms with E-state index in [1.807, 2.05) is 0 Å². The number of ether oxygens (including phenoxy) is 1. The van der Waals surface area contributed by atoms with Gasteiger partial charge in [0.05, 0.1) is 5.92 Å². The van der Waals surface area contributed by atoms with Gasteiger partial charge < -0.3 is 10.1 Å². The lowest BCUT2D eigenvalue weighted by Crippen LogP contribution is -2.26. The molecule has 1 atom stereocenters. The van der Waals surface area contributed by atoms with Crippen LogP contribution in [-0.4, -0.2) is 25.4 Å². The Morgan fingerprint density at radius 3 is 2.58 bits per heavy atom. The van der Waals surface area contributed by atoms with Crippen LogP contribution in [0.1, 0.15) is 6.42 Å². The SMILES string of the molecule is O=C(OC(F)(F)F)C1CCNC1. The van der Waals surface area contributed by atoms with Gasteiger partial charge in [0.2, 0.25) is 0 Å². The van der Waals surface area contributed by atoms with Crippen molar-refractivity contribution in [1.82, 2.24) is 5.32 Å². The molecule has 1 saturated heterocycles. The first-order valence-electron chi connectivity index (χ1n) is 3.49. The van der Waals surface area contributed by atoms with Crippen molar-refractivity contribution in [2.24, 2.45) is 5.92 Å². The van der Waals surface area contributed by atoms with Crippen molar-refractivity contribution in [2.75, 3.05) is 13.1 Å². The predicted molar refractivity (Wildman–Crippen MR) is 33.1 cm³/mol. The van der Waals surface area contributed by atoms with Crippen LogP contribution in [0.25, 0.3) is 0 Å². The zero-order valence-corrected chi connectivity index (χ0v) is 6.15. The number of nitrogens with one attached hydrogen (secondary N) is 1. The molecule has 1 aliphatic heterocycles. The molecule has 0 spiro atoms. The highest BCUT2D eigenvalue weighted by atomic mass is 19.4. The van der Waals surface area contributed by atoms with Crippen molar-refractivity contribution in [3.8, 4) is 0 Å². The van der Waals surface area contributed by atoms with Crippen molar-refractivity contribution in [1.29, 1.82) is 0 Å². The highest BCUT2D eigenvalue weighted by Gasteiger charge is 2.37. The van der Waals surface area contributed by atoms with Crippen LogP contribution in [0, 0.1) is 5.92 Å². The smallest absolute Gasteiger partial charge is 0.373 e. The highest BCUT2D eigenvalue weighted by molar-refractivity contribution is 5.73. The second-order valence-electron chi connectivity index (χ2n) is 2.56. The van der Waals surface area contributed by atoms with Crippen LogP contribution in [0.15, 0.2) is 0 Å². The number of halogens is 3. The van der Waals surface area contributed by atoms with Crippen LogP contribution in [0.4, 0.5) is 13.2 Å². The Balaban J connectivity index is 2.37. The molecule has 6 heteroatoms. The standard InChI is InChI=1S/C6H8F3NO2/c7-6(8,9)12-5(11)4-1-2-10-3-4/h4,10H,1-3H2. The quantitative estimate of drug-likeness (QED) is 0.607. The third-order valence-electron chi connectivity index (χ3n) is 1.61. The van der Waals surface area contributed by atoms with E-state index in [1.54, 1.807) is 0 Å². The summed E-state index contributed by atoms with van der Waals surface area (Å²) >= 11 is 0. The molecule has 70 valence electrons. The molecular weight excluding hydrogens is 175 g/mol. The van der Waals surface area contributed by atoms with Gasteiger partial charge in [-0.25, -0.2) is 0 Å². The number of esters is 1. The number of carbonyl (C=O) groups is 1. The molecule has 1 N–H and O–H groups in total. The Labute approximate surface area is 66.9 Å². The second-order valence-corrected chi connectivity index (χ2v) is 2.56. The Hall–Kier alpha value is -0.780. The Morgan fingerprint density at radius 2 is 2.17 bits per heavy atom. The molecule has 0 aliphatic carbocycles. The van der Waals surface area contributed by atoms with Crippen LogP contribution in [0.2, 0.25) is 0 Å². The van der Waals surface area contributed by atoms with Crippen LogP contribution in [0.5, 0.6) is 0 Å². The van der Waals surface area contributed by atoms with Gasteiger partial charge in [-0.2, -0.15) is 0 Å². The van der Waals surface area contributed by atoms with Gasteiger partial charge in [0.25, 0.3) is 0 Å². The molecule has 12 heavy (non-hydrogen) atoms. The summed E-state index contributed by atoms with van der Waals surface area (Å²) in [6.45, 7) is 0.840. The monoisotopic (exact) mass is 183 g/mol. The van der Waals surface area contributed by atoms with E-state index in [0.717, 1.165) is 0 Å². The minimum atomic E-state index is -4.85. The molecule has 1 aliphatic rings. The van der Waals surface area contributed by atoms with Gasteiger partial charge in [0.15, 0.2) is 0 Å². The number of carbonyl (C=O) groups excluding carboxylic acids is 1. The van der Waals surface area contributed by atoms with E-state index in [9.17, 15) is 18.0 Å². The van der Waals surface area contributed by atoms with E-state index in [4.69, 9.17) is 0 Å². The van der Waals surface area contributed by atoms with Gasteiger partial charge in [-0.15, -0.1) is 13.2 Å². The molecule has 0 aromatic carbocycles. The molecule has 0 radical (unpaired) electrons. The number of hydrogen-bond acceptors (Lipinski definition) is 3. The zero-order chi connectivity index (χ0) is 9.19. The Bertz CT molecular complexity index is 174. The maximum atomic E-state index is 11.5. The molecule has 1 heterocycles. The van der Waals surface area contributed by atoms with Crippen molar-refractivity contribution in [2.45, 2.75) is 12.8 Å². The maximum absolute atomic E-state index is 11.5. The number of rotatable bonds is 1. The minimum absolute atomic E-state index is 0.273. The van der Waals surface area contributed by atoms with Crippen LogP contribution < -0.4 is 5.32 Å². The molecular formula is C6H8F3NO2. The van der Waals surface area contributed by atoms with Crippen molar-refractivity contribution in [3.05, 3.63) is 0 Å². The van der Waals surface area contributed by atoms with Gasteiger partial charge in [-0.05, 0) is 13.0 Å². The molecule has 0 saturated carbocycles. The molecule has 3 nitrogen and oxygen atoms in total. The fourth-order valence-electron chi connectivity index (χ4n) is 1.05. The lowest BCUT2D eigenvalue weighted by atomic mass is 10.1. The first-order chi connectivity index (χ1) is 5.49. The highest BCUT2D eigenvalue weighted by Crippen LogP contribution is 2.20. The van der Waals surface area contributed by atoms with Gasteiger partial charge >= 0.3 is 12.3 Å². The maximum Gasteiger partial charge on any atom is 0.575 e. The van der Waals surface area contributed by atoms with E-state index in [-0.39, 0.29) is 6.54 Å². The summed E-state index contributed by atoms with van der Waals surface area (Å²) in [4.78, 5) is 10.7. The third-order valence-corrected chi connectivity index (χ3v) is 1.61. The molecule has 1 rings (SSSR count). The molecule has 0 bridgehead atoms. The zero-order valence-electron chi connectivity index (χ0n) is 6.15. The fourth-order valence-corrected chi connectivity index (χ4v) is 1.05. The van der Waals surface area contributed by atoms with Gasteiger partial charge in [0.1, 0.15) is 0 Å². The summed E-state index contributed by atoms with van der Waals surface area (Å²) < 4.78 is 37.7. The van der Waals surface area contributed by atoms with E-state index in [1.165, 1.54) is 0 Å².